The molecule has 0 atom stereocenters. The van der Waals surface area contributed by atoms with Gasteiger partial charge in [0.1, 0.15) is 10.6 Å². The predicted molar refractivity (Wildman–Crippen MR) is 110 cm³/mol. The summed E-state index contributed by atoms with van der Waals surface area (Å²) < 4.78 is 55.8. The van der Waals surface area contributed by atoms with Crippen molar-refractivity contribution in [2.75, 3.05) is 0 Å². The predicted octanol–water partition coefficient (Wildman–Crippen LogP) is 4.33. The number of aromatic nitrogens is 2. The average Bonchev–Trinajstić information content (AvgIpc) is 3.21. The van der Waals surface area contributed by atoms with Gasteiger partial charge in [0.15, 0.2) is 0 Å². The summed E-state index contributed by atoms with van der Waals surface area (Å²) in [6.07, 6.45) is 0. The van der Waals surface area contributed by atoms with Gasteiger partial charge in [0.2, 0.25) is 10.0 Å². The molecule has 0 saturated heterocycles. The van der Waals surface area contributed by atoms with Crippen LogP contribution in [0.15, 0.2) is 95.9 Å². The van der Waals surface area contributed by atoms with Crippen LogP contribution >= 0.6 is 0 Å². The molecule has 0 saturated carbocycles. The Morgan fingerprint density at radius 1 is 0.833 bits per heavy atom. The van der Waals surface area contributed by atoms with Crippen LogP contribution in [0.5, 0.6) is 0 Å². The van der Waals surface area contributed by atoms with E-state index < -0.39 is 21.6 Å². The van der Waals surface area contributed by atoms with Crippen LogP contribution in [0.4, 0.5) is 8.78 Å². The summed E-state index contributed by atoms with van der Waals surface area (Å²) >= 11 is 0. The Morgan fingerprint density at radius 3 is 2.03 bits per heavy atom. The molecule has 0 aliphatic rings. The molecule has 0 fully saturated rings. The van der Waals surface area contributed by atoms with E-state index in [1.807, 2.05) is 0 Å². The maximum atomic E-state index is 15.2. The largest absolute Gasteiger partial charge is 0.316 e. The Hall–Kier alpha value is -3.36. The standard InChI is InChI=1S/C22H17F2N3O2S/c23-22(24,17-11-5-2-6-12-17)21-15-19(16-9-3-1-4-10-16)27(26-21)18-13-7-8-14-20(18)30(25,28)29/h1-15H,(H2,25,28,29). The zero-order valence-electron chi connectivity index (χ0n) is 15.6. The Kier molecular flexibility index (Phi) is 4.97. The zero-order valence-corrected chi connectivity index (χ0v) is 16.4. The fourth-order valence-corrected chi connectivity index (χ4v) is 3.92. The smallest absolute Gasteiger partial charge is 0.231 e. The minimum Gasteiger partial charge on any atom is -0.231 e. The Morgan fingerprint density at radius 2 is 1.40 bits per heavy atom. The number of primary sulfonamides is 1. The number of benzene rings is 3. The van der Waals surface area contributed by atoms with Crippen molar-refractivity contribution < 1.29 is 17.2 Å². The van der Waals surface area contributed by atoms with E-state index in [9.17, 15) is 8.42 Å². The highest BCUT2D eigenvalue weighted by Gasteiger charge is 2.38. The third kappa shape index (κ3) is 3.62. The first kappa shape index (κ1) is 19.9. The van der Waals surface area contributed by atoms with E-state index in [-0.39, 0.29) is 16.1 Å². The van der Waals surface area contributed by atoms with Crippen LogP contribution in [0.25, 0.3) is 16.9 Å². The van der Waals surface area contributed by atoms with Crippen LogP contribution in [0, 0.1) is 0 Å². The highest BCUT2D eigenvalue weighted by atomic mass is 32.2. The number of hydrogen-bond acceptors (Lipinski definition) is 3. The molecule has 152 valence electrons. The van der Waals surface area contributed by atoms with Gasteiger partial charge in [-0.1, -0.05) is 72.8 Å². The summed E-state index contributed by atoms with van der Waals surface area (Å²) in [6.45, 7) is 0. The minimum atomic E-state index is -4.11. The molecule has 3 aromatic carbocycles. The van der Waals surface area contributed by atoms with Gasteiger partial charge in [-0.15, -0.1) is 0 Å². The van der Waals surface area contributed by atoms with Gasteiger partial charge in [0, 0.05) is 11.1 Å². The fourth-order valence-electron chi connectivity index (χ4n) is 3.20. The summed E-state index contributed by atoms with van der Waals surface area (Å²) in [4.78, 5) is -0.208. The SMILES string of the molecule is NS(=O)(=O)c1ccccc1-n1nc(C(F)(F)c2ccccc2)cc1-c1ccccc1. The van der Waals surface area contributed by atoms with Crippen molar-refractivity contribution in [1.29, 1.82) is 0 Å². The second kappa shape index (κ2) is 7.47. The molecule has 0 aliphatic carbocycles. The lowest BCUT2D eigenvalue weighted by Crippen LogP contribution is -2.18. The monoisotopic (exact) mass is 425 g/mol. The first-order valence-corrected chi connectivity index (χ1v) is 10.5. The Labute approximate surface area is 172 Å². The molecular formula is C22H17F2N3O2S. The maximum Gasteiger partial charge on any atom is 0.316 e. The molecule has 0 unspecified atom stereocenters. The topological polar surface area (TPSA) is 78.0 Å². The third-order valence-electron chi connectivity index (χ3n) is 4.64. The van der Waals surface area contributed by atoms with Gasteiger partial charge >= 0.3 is 5.92 Å². The maximum absolute atomic E-state index is 15.2. The van der Waals surface area contributed by atoms with Crippen LogP contribution in [-0.4, -0.2) is 18.2 Å². The van der Waals surface area contributed by atoms with Gasteiger partial charge in [-0.05, 0) is 18.2 Å². The zero-order chi connectivity index (χ0) is 21.4. The number of alkyl halides is 2. The van der Waals surface area contributed by atoms with Crippen LogP contribution in [-0.2, 0) is 15.9 Å². The second-order valence-electron chi connectivity index (χ2n) is 6.65. The fraction of sp³-hybridized carbons (Fsp3) is 0.0455. The first-order chi connectivity index (χ1) is 14.3. The van der Waals surface area contributed by atoms with Gasteiger partial charge < -0.3 is 0 Å². The summed E-state index contributed by atoms with van der Waals surface area (Å²) in [5, 5.41) is 9.48. The van der Waals surface area contributed by atoms with Crippen LogP contribution < -0.4 is 5.14 Å². The molecular weight excluding hydrogens is 408 g/mol. The summed E-state index contributed by atoms with van der Waals surface area (Å²) in [7, 11) is -4.11. The highest BCUT2D eigenvalue weighted by Crippen LogP contribution is 2.38. The summed E-state index contributed by atoms with van der Waals surface area (Å²) in [5.41, 5.74) is 0.293. The molecule has 0 spiro atoms. The number of para-hydroxylation sites is 1. The van der Waals surface area contributed by atoms with Crippen molar-refractivity contribution in [2.45, 2.75) is 10.8 Å². The molecule has 0 radical (unpaired) electrons. The van der Waals surface area contributed by atoms with Crippen molar-refractivity contribution in [1.82, 2.24) is 9.78 Å². The van der Waals surface area contributed by atoms with Crippen molar-refractivity contribution in [3.63, 3.8) is 0 Å². The van der Waals surface area contributed by atoms with E-state index in [0.29, 0.717) is 11.3 Å². The molecule has 5 nitrogen and oxygen atoms in total. The highest BCUT2D eigenvalue weighted by molar-refractivity contribution is 7.89. The van der Waals surface area contributed by atoms with Crippen LogP contribution in [0.2, 0.25) is 0 Å². The lowest BCUT2D eigenvalue weighted by Gasteiger charge is -2.14. The number of nitrogens with two attached hydrogens (primary N) is 1. The van der Waals surface area contributed by atoms with Crippen molar-refractivity contribution >= 4 is 10.0 Å². The van der Waals surface area contributed by atoms with Crippen molar-refractivity contribution in [3.05, 3.63) is 102 Å². The molecule has 1 heterocycles. The molecule has 2 N–H and O–H groups in total. The van der Waals surface area contributed by atoms with E-state index in [0.717, 1.165) is 0 Å². The summed E-state index contributed by atoms with van der Waals surface area (Å²) in [6, 6.07) is 23.3. The van der Waals surface area contributed by atoms with Gasteiger partial charge in [-0.2, -0.15) is 13.9 Å². The molecule has 1 aromatic heterocycles. The lowest BCUT2D eigenvalue weighted by molar-refractivity contribution is 0.0376. The van der Waals surface area contributed by atoms with Crippen molar-refractivity contribution in [2.24, 2.45) is 5.14 Å². The van der Waals surface area contributed by atoms with E-state index in [1.165, 1.54) is 53.2 Å². The number of halogens is 2. The second-order valence-corrected chi connectivity index (χ2v) is 8.18. The number of nitrogens with zero attached hydrogens (tertiary/aromatic N) is 2. The molecule has 4 rings (SSSR count). The quantitative estimate of drug-likeness (QED) is 0.517. The van der Waals surface area contributed by atoms with E-state index in [1.54, 1.807) is 42.5 Å². The minimum absolute atomic E-state index is 0.0916. The van der Waals surface area contributed by atoms with Crippen molar-refractivity contribution in [3.8, 4) is 16.9 Å². The number of hydrogen-bond donors (Lipinski definition) is 1. The van der Waals surface area contributed by atoms with E-state index >= 15 is 8.78 Å². The Bertz CT molecular complexity index is 1290. The van der Waals surface area contributed by atoms with Gasteiger partial charge in [0.25, 0.3) is 0 Å². The molecule has 30 heavy (non-hydrogen) atoms. The molecule has 0 bridgehead atoms. The van der Waals surface area contributed by atoms with Crippen LogP contribution in [0.1, 0.15) is 11.3 Å². The number of sulfonamides is 1. The summed E-state index contributed by atoms with van der Waals surface area (Å²) in [5.74, 6) is -3.38. The molecule has 0 aliphatic heterocycles. The molecule has 0 amide bonds. The first-order valence-electron chi connectivity index (χ1n) is 9.00. The lowest BCUT2D eigenvalue weighted by atomic mass is 10.0. The van der Waals surface area contributed by atoms with Gasteiger partial charge in [-0.25, -0.2) is 18.2 Å². The average molecular weight is 425 g/mol. The van der Waals surface area contributed by atoms with Gasteiger partial charge in [0.05, 0.1) is 11.4 Å². The third-order valence-corrected chi connectivity index (χ3v) is 5.60. The number of rotatable bonds is 5. The van der Waals surface area contributed by atoms with E-state index in [2.05, 4.69) is 5.10 Å². The molecule has 8 heteroatoms. The normalized spacial score (nSPS) is 12.1. The van der Waals surface area contributed by atoms with Gasteiger partial charge in [-0.3, -0.25) is 0 Å². The Balaban J connectivity index is 1.98. The van der Waals surface area contributed by atoms with Crippen LogP contribution in [0.3, 0.4) is 0 Å². The molecule has 4 aromatic rings. The van der Waals surface area contributed by atoms with E-state index in [4.69, 9.17) is 5.14 Å².